The number of likely N-dealkylation sites (tertiary alicyclic amines) is 1. The zero-order chi connectivity index (χ0) is 15.2. The highest BCUT2D eigenvalue weighted by Crippen LogP contribution is 2.16. The van der Waals surface area contributed by atoms with Crippen LogP contribution >= 0.6 is 0 Å². The molecule has 2 rings (SSSR count). The van der Waals surface area contributed by atoms with Crippen molar-refractivity contribution in [1.82, 2.24) is 4.90 Å². The van der Waals surface area contributed by atoms with Gasteiger partial charge in [-0.25, -0.2) is 4.79 Å². The SMILES string of the molecule is C/C=C/COC(=O)c1ccc(CN2C(=O)CCC2=O)cc1. The van der Waals surface area contributed by atoms with Gasteiger partial charge in [0.25, 0.3) is 0 Å². The minimum atomic E-state index is -0.395. The normalized spacial score (nSPS) is 15.0. The molecular formula is C16H17NO4. The number of benzene rings is 1. The summed E-state index contributed by atoms with van der Waals surface area (Å²) in [7, 11) is 0. The molecule has 5 heteroatoms. The average Bonchev–Trinajstić information content (AvgIpc) is 2.80. The third-order valence-electron chi connectivity index (χ3n) is 3.23. The summed E-state index contributed by atoms with van der Waals surface area (Å²) in [5.41, 5.74) is 1.26. The van der Waals surface area contributed by atoms with E-state index in [1.54, 1.807) is 36.4 Å². The number of allylic oxidation sites excluding steroid dienone is 1. The van der Waals surface area contributed by atoms with Gasteiger partial charge >= 0.3 is 5.97 Å². The van der Waals surface area contributed by atoms with Gasteiger partial charge in [-0.3, -0.25) is 14.5 Å². The van der Waals surface area contributed by atoms with Gasteiger partial charge < -0.3 is 4.74 Å². The van der Waals surface area contributed by atoms with Gasteiger partial charge in [0.1, 0.15) is 6.61 Å². The molecule has 0 saturated carbocycles. The molecule has 0 aliphatic carbocycles. The number of ether oxygens (including phenoxy) is 1. The monoisotopic (exact) mass is 287 g/mol. The standard InChI is InChI=1S/C16H17NO4/c1-2-3-10-21-16(20)13-6-4-12(5-7-13)11-17-14(18)8-9-15(17)19/h2-7H,8-11H2,1H3/b3-2+. The van der Waals surface area contributed by atoms with Gasteiger partial charge in [0.15, 0.2) is 0 Å². The third-order valence-corrected chi connectivity index (χ3v) is 3.23. The smallest absolute Gasteiger partial charge is 0.338 e. The Bertz CT molecular complexity index is 558. The molecule has 1 saturated heterocycles. The van der Waals surface area contributed by atoms with Crippen LogP contribution in [0.1, 0.15) is 35.7 Å². The number of imide groups is 1. The van der Waals surface area contributed by atoms with Crippen molar-refractivity contribution < 1.29 is 19.1 Å². The topological polar surface area (TPSA) is 63.7 Å². The van der Waals surface area contributed by atoms with E-state index in [-0.39, 0.29) is 37.8 Å². The molecule has 1 heterocycles. The summed E-state index contributed by atoms with van der Waals surface area (Å²) in [5.74, 6) is -0.683. The van der Waals surface area contributed by atoms with E-state index in [1.807, 2.05) is 6.92 Å². The largest absolute Gasteiger partial charge is 0.458 e. The Morgan fingerprint density at radius 2 is 1.81 bits per heavy atom. The van der Waals surface area contributed by atoms with Crippen LogP contribution in [0.2, 0.25) is 0 Å². The fourth-order valence-electron chi connectivity index (χ4n) is 2.03. The number of carbonyl (C=O) groups is 3. The summed E-state index contributed by atoms with van der Waals surface area (Å²) in [6.07, 6.45) is 4.12. The summed E-state index contributed by atoms with van der Waals surface area (Å²) in [5, 5.41) is 0. The Kier molecular flexibility index (Phi) is 4.87. The van der Waals surface area contributed by atoms with E-state index in [4.69, 9.17) is 4.74 Å². The highest BCUT2D eigenvalue weighted by Gasteiger charge is 2.28. The summed E-state index contributed by atoms with van der Waals surface area (Å²) < 4.78 is 5.03. The van der Waals surface area contributed by atoms with Gasteiger partial charge in [0.05, 0.1) is 12.1 Å². The van der Waals surface area contributed by atoms with Gasteiger partial charge in [-0.2, -0.15) is 0 Å². The highest BCUT2D eigenvalue weighted by atomic mass is 16.5. The molecule has 0 unspecified atom stereocenters. The van der Waals surface area contributed by atoms with E-state index in [1.165, 1.54) is 4.90 Å². The van der Waals surface area contributed by atoms with Crippen LogP contribution in [0.25, 0.3) is 0 Å². The Balaban J connectivity index is 1.97. The number of nitrogens with zero attached hydrogens (tertiary/aromatic N) is 1. The first-order chi connectivity index (χ1) is 10.1. The second-order valence-corrected chi connectivity index (χ2v) is 4.74. The van der Waals surface area contributed by atoms with Crippen LogP contribution in [0.5, 0.6) is 0 Å². The van der Waals surface area contributed by atoms with E-state index in [2.05, 4.69) is 0 Å². The fourth-order valence-corrected chi connectivity index (χ4v) is 2.03. The van der Waals surface area contributed by atoms with Crippen molar-refractivity contribution >= 4 is 17.8 Å². The molecule has 1 aliphatic heterocycles. The minimum absolute atomic E-state index is 0.144. The van der Waals surface area contributed by atoms with Crippen LogP contribution < -0.4 is 0 Å². The van der Waals surface area contributed by atoms with Crippen LogP contribution in [0.3, 0.4) is 0 Å². The van der Waals surface area contributed by atoms with E-state index in [0.717, 1.165) is 5.56 Å². The maximum atomic E-state index is 11.7. The van der Waals surface area contributed by atoms with Crippen LogP contribution in [-0.4, -0.2) is 29.3 Å². The Morgan fingerprint density at radius 1 is 1.19 bits per heavy atom. The van der Waals surface area contributed by atoms with E-state index in [0.29, 0.717) is 5.56 Å². The Labute approximate surface area is 123 Å². The summed E-state index contributed by atoms with van der Waals surface area (Å²) >= 11 is 0. The Hall–Kier alpha value is -2.43. The van der Waals surface area contributed by atoms with E-state index in [9.17, 15) is 14.4 Å². The first-order valence-electron chi connectivity index (χ1n) is 6.82. The van der Waals surface area contributed by atoms with Crippen LogP contribution in [0.15, 0.2) is 36.4 Å². The second kappa shape index (κ2) is 6.83. The maximum absolute atomic E-state index is 11.7. The molecule has 0 N–H and O–H groups in total. The maximum Gasteiger partial charge on any atom is 0.338 e. The van der Waals surface area contributed by atoms with Crippen LogP contribution in [-0.2, 0) is 20.9 Å². The number of hydrogen-bond acceptors (Lipinski definition) is 4. The quantitative estimate of drug-likeness (QED) is 0.472. The first-order valence-corrected chi connectivity index (χ1v) is 6.82. The lowest BCUT2D eigenvalue weighted by molar-refractivity contribution is -0.139. The van der Waals surface area contributed by atoms with Gasteiger partial charge in [0.2, 0.25) is 11.8 Å². The molecular weight excluding hydrogens is 270 g/mol. The van der Waals surface area contributed by atoms with Gasteiger partial charge in [-0.15, -0.1) is 0 Å². The van der Waals surface area contributed by atoms with E-state index >= 15 is 0 Å². The van der Waals surface area contributed by atoms with Crippen LogP contribution in [0, 0.1) is 0 Å². The van der Waals surface area contributed by atoms with Crippen LogP contribution in [0.4, 0.5) is 0 Å². The number of hydrogen-bond donors (Lipinski definition) is 0. The lowest BCUT2D eigenvalue weighted by atomic mass is 10.1. The molecule has 2 amide bonds. The van der Waals surface area contributed by atoms with Crippen molar-refractivity contribution in [1.29, 1.82) is 0 Å². The molecule has 0 bridgehead atoms. The second-order valence-electron chi connectivity index (χ2n) is 4.74. The first kappa shape index (κ1) is 15.0. The fraction of sp³-hybridized carbons (Fsp3) is 0.312. The molecule has 1 fully saturated rings. The van der Waals surface area contributed by atoms with Gasteiger partial charge in [-0.1, -0.05) is 24.3 Å². The lowest BCUT2D eigenvalue weighted by Crippen LogP contribution is -2.28. The molecule has 0 spiro atoms. The summed E-state index contributed by atoms with van der Waals surface area (Å²) in [6, 6.07) is 6.73. The molecule has 21 heavy (non-hydrogen) atoms. The zero-order valence-electron chi connectivity index (χ0n) is 11.9. The molecule has 110 valence electrons. The summed E-state index contributed by atoms with van der Waals surface area (Å²) in [4.78, 5) is 36.0. The molecule has 0 atom stereocenters. The van der Waals surface area contributed by atoms with Crippen molar-refractivity contribution in [3.63, 3.8) is 0 Å². The zero-order valence-corrected chi connectivity index (χ0v) is 11.9. The molecule has 5 nitrogen and oxygen atoms in total. The highest BCUT2D eigenvalue weighted by molar-refractivity contribution is 6.01. The van der Waals surface area contributed by atoms with Crippen molar-refractivity contribution in [2.24, 2.45) is 0 Å². The summed E-state index contributed by atoms with van der Waals surface area (Å²) in [6.45, 7) is 2.35. The van der Waals surface area contributed by atoms with Crippen molar-refractivity contribution in [2.75, 3.05) is 6.61 Å². The predicted octanol–water partition coefficient (Wildman–Crippen LogP) is 2.07. The molecule has 1 aromatic carbocycles. The number of amides is 2. The predicted molar refractivity (Wildman–Crippen MR) is 76.3 cm³/mol. The molecule has 0 aromatic heterocycles. The molecule has 1 aliphatic rings. The Morgan fingerprint density at radius 3 is 2.38 bits per heavy atom. The van der Waals surface area contributed by atoms with Crippen molar-refractivity contribution in [3.8, 4) is 0 Å². The molecule has 1 aromatic rings. The number of esters is 1. The van der Waals surface area contributed by atoms with E-state index < -0.39 is 5.97 Å². The minimum Gasteiger partial charge on any atom is -0.458 e. The van der Waals surface area contributed by atoms with Crippen molar-refractivity contribution in [3.05, 3.63) is 47.5 Å². The molecule has 0 radical (unpaired) electrons. The lowest BCUT2D eigenvalue weighted by Gasteiger charge is -2.13. The average molecular weight is 287 g/mol. The number of rotatable bonds is 5. The van der Waals surface area contributed by atoms with Gasteiger partial charge in [0, 0.05) is 12.8 Å². The van der Waals surface area contributed by atoms with Crippen molar-refractivity contribution in [2.45, 2.75) is 26.3 Å². The number of carbonyl (C=O) groups excluding carboxylic acids is 3. The van der Waals surface area contributed by atoms with Gasteiger partial charge in [-0.05, 0) is 24.6 Å². The third kappa shape index (κ3) is 3.78.